The summed E-state index contributed by atoms with van der Waals surface area (Å²) in [6.45, 7) is 2.80. The van der Waals surface area contributed by atoms with Crippen molar-refractivity contribution in [2.75, 3.05) is 11.9 Å². The smallest absolute Gasteiger partial charge is 0.369 e. The number of aromatic amines is 1. The molecule has 2 aromatic heterocycles. The number of anilines is 1. The standard InChI is InChI=1S/C12H15F3N4/c1-2-3-4-16-10-9-5-8(6-12(13,14)15)19-11(9)18-7-17-10/h5,7H,2-4,6H2,1H3,(H2,16,17,18,19). The summed E-state index contributed by atoms with van der Waals surface area (Å²) in [5.74, 6) is 0.572. The zero-order chi connectivity index (χ0) is 13.9. The first kappa shape index (κ1) is 13.6. The highest BCUT2D eigenvalue weighted by Gasteiger charge is 2.28. The lowest BCUT2D eigenvalue weighted by atomic mass is 10.2. The number of aromatic nitrogens is 3. The average Bonchev–Trinajstić information content (AvgIpc) is 2.69. The van der Waals surface area contributed by atoms with Crippen molar-refractivity contribution in [3.63, 3.8) is 0 Å². The lowest BCUT2D eigenvalue weighted by Gasteiger charge is -2.04. The van der Waals surface area contributed by atoms with Gasteiger partial charge in [0.1, 0.15) is 17.8 Å². The minimum absolute atomic E-state index is 0.0986. The van der Waals surface area contributed by atoms with Crippen molar-refractivity contribution < 1.29 is 13.2 Å². The van der Waals surface area contributed by atoms with Crippen LogP contribution < -0.4 is 5.32 Å². The summed E-state index contributed by atoms with van der Waals surface area (Å²) in [6, 6.07) is 1.46. The van der Waals surface area contributed by atoms with Crippen LogP contribution in [0.25, 0.3) is 11.0 Å². The molecule has 0 saturated heterocycles. The van der Waals surface area contributed by atoms with Gasteiger partial charge in [-0.15, -0.1) is 0 Å². The van der Waals surface area contributed by atoms with Crippen LogP contribution in [-0.2, 0) is 6.42 Å². The van der Waals surface area contributed by atoms with E-state index in [1.807, 2.05) is 0 Å². The predicted molar refractivity (Wildman–Crippen MR) is 67.0 cm³/mol. The molecule has 2 N–H and O–H groups in total. The van der Waals surface area contributed by atoms with Crippen LogP contribution in [0, 0.1) is 0 Å². The number of nitrogens with one attached hydrogen (secondary N) is 2. The fourth-order valence-electron chi connectivity index (χ4n) is 1.83. The Hall–Kier alpha value is -1.79. The molecule has 2 aromatic rings. The minimum Gasteiger partial charge on any atom is -0.369 e. The van der Waals surface area contributed by atoms with E-state index in [0.29, 0.717) is 16.9 Å². The Bertz CT molecular complexity index is 547. The summed E-state index contributed by atoms with van der Waals surface area (Å²) in [6.07, 6.45) is -1.87. The third-order valence-corrected chi connectivity index (χ3v) is 2.70. The molecule has 2 rings (SSSR count). The van der Waals surface area contributed by atoms with Crippen LogP contribution in [0.4, 0.5) is 19.0 Å². The van der Waals surface area contributed by atoms with Gasteiger partial charge >= 0.3 is 6.18 Å². The fraction of sp³-hybridized carbons (Fsp3) is 0.500. The maximum atomic E-state index is 12.3. The molecule has 0 aromatic carbocycles. The average molecular weight is 272 g/mol. The molecule has 7 heteroatoms. The summed E-state index contributed by atoms with van der Waals surface area (Å²) in [5, 5.41) is 3.71. The number of hydrogen-bond donors (Lipinski definition) is 2. The Balaban J connectivity index is 2.23. The lowest BCUT2D eigenvalue weighted by Crippen LogP contribution is -2.11. The van der Waals surface area contributed by atoms with E-state index in [2.05, 4.69) is 27.2 Å². The largest absolute Gasteiger partial charge is 0.394 e. The SMILES string of the molecule is CCCCNc1ncnc2[nH]c(CC(F)(F)F)cc12. The Labute approximate surface area is 108 Å². The van der Waals surface area contributed by atoms with Gasteiger partial charge in [0.15, 0.2) is 0 Å². The number of rotatable bonds is 5. The highest BCUT2D eigenvalue weighted by atomic mass is 19.4. The maximum Gasteiger partial charge on any atom is 0.394 e. The molecule has 0 aliphatic heterocycles. The Morgan fingerprint density at radius 1 is 1.32 bits per heavy atom. The van der Waals surface area contributed by atoms with Crippen molar-refractivity contribution in [1.82, 2.24) is 15.0 Å². The topological polar surface area (TPSA) is 53.6 Å². The van der Waals surface area contributed by atoms with E-state index in [0.717, 1.165) is 19.4 Å². The molecular weight excluding hydrogens is 257 g/mol. The summed E-state index contributed by atoms with van der Waals surface area (Å²) < 4.78 is 37.0. The van der Waals surface area contributed by atoms with Crippen molar-refractivity contribution >= 4 is 16.9 Å². The van der Waals surface area contributed by atoms with Crippen molar-refractivity contribution in [2.45, 2.75) is 32.4 Å². The van der Waals surface area contributed by atoms with Crippen LogP contribution in [0.5, 0.6) is 0 Å². The van der Waals surface area contributed by atoms with Gasteiger partial charge in [0.05, 0.1) is 11.8 Å². The first-order valence-electron chi connectivity index (χ1n) is 6.13. The van der Waals surface area contributed by atoms with Gasteiger partial charge in [-0.1, -0.05) is 13.3 Å². The maximum absolute atomic E-state index is 12.3. The number of unbranched alkanes of at least 4 members (excludes halogenated alkanes) is 1. The zero-order valence-corrected chi connectivity index (χ0v) is 10.5. The molecule has 19 heavy (non-hydrogen) atoms. The Morgan fingerprint density at radius 3 is 2.79 bits per heavy atom. The molecule has 0 saturated carbocycles. The molecule has 4 nitrogen and oxygen atoms in total. The molecule has 0 amide bonds. The molecule has 2 heterocycles. The van der Waals surface area contributed by atoms with E-state index in [1.165, 1.54) is 12.4 Å². The monoisotopic (exact) mass is 272 g/mol. The van der Waals surface area contributed by atoms with Gasteiger partial charge in [-0.05, 0) is 12.5 Å². The number of alkyl halides is 3. The van der Waals surface area contributed by atoms with Gasteiger partial charge in [0.25, 0.3) is 0 Å². The zero-order valence-electron chi connectivity index (χ0n) is 10.5. The molecule has 0 aliphatic carbocycles. The number of halogens is 3. The number of H-pyrrole nitrogens is 1. The quantitative estimate of drug-likeness (QED) is 0.821. The molecule has 0 aliphatic rings. The normalized spacial score (nSPS) is 12.0. The van der Waals surface area contributed by atoms with Gasteiger partial charge in [-0.25, -0.2) is 9.97 Å². The molecule has 0 fully saturated rings. The molecule has 0 unspecified atom stereocenters. The van der Waals surface area contributed by atoms with Crippen molar-refractivity contribution in [3.05, 3.63) is 18.1 Å². The van der Waals surface area contributed by atoms with E-state index in [9.17, 15) is 13.2 Å². The van der Waals surface area contributed by atoms with E-state index < -0.39 is 12.6 Å². The fourth-order valence-corrected chi connectivity index (χ4v) is 1.83. The summed E-state index contributed by atoms with van der Waals surface area (Å²) in [5.41, 5.74) is 0.523. The van der Waals surface area contributed by atoms with Gasteiger partial charge in [0.2, 0.25) is 0 Å². The van der Waals surface area contributed by atoms with Crippen molar-refractivity contribution in [3.8, 4) is 0 Å². The van der Waals surface area contributed by atoms with E-state index >= 15 is 0 Å². The molecular formula is C12H15F3N4. The second kappa shape index (κ2) is 5.46. The molecule has 0 bridgehead atoms. The lowest BCUT2D eigenvalue weighted by molar-refractivity contribution is -0.127. The molecule has 0 atom stereocenters. The van der Waals surface area contributed by atoms with E-state index in [4.69, 9.17) is 0 Å². The van der Waals surface area contributed by atoms with Crippen LogP contribution in [0.2, 0.25) is 0 Å². The highest BCUT2D eigenvalue weighted by molar-refractivity contribution is 5.87. The Kier molecular flexibility index (Phi) is 3.92. The second-order valence-electron chi connectivity index (χ2n) is 4.35. The summed E-state index contributed by atoms with van der Waals surface area (Å²) >= 11 is 0. The van der Waals surface area contributed by atoms with Gasteiger partial charge in [0, 0.05) is 12.2 Å². The van der Waals surface area contributed by atoms with Gasteiger partial charge < -0.3 is 10.3 Å². The van der Waals surface area contributed by atoms with Crippen LogP contribution >= 0.6 is 0 Å². The van der Waals surface area contributed by atoms with E-state index in [-0.39, 0.29) is 5.69 Å². The molecule has 0 radical (unpaired) electrons. The minimum atomic E-state index is -4.23. The third kappa shape index (κ3) is 3.59. The van der Waals surface area contributed by atoms with Crippen molar-refractivity contribution in [2.24, 2.45) is 0 Å². The van der Waals surface area contributed by atoms with Crippen LogP contribution in [-0.4, -0.2) is 27.7 Å². The summed E-state index contributed by atoms with van der Waals surface area (Å²) in [4.78, 5) is 10.7. The number of hydrogen-bond acceptors (Lipinski definition) is 3. The van der Waals surface area contributed by atoms with Gasteiger partial charge in [-0.2, -0.15) is 13.2 Å². The number of nitrogens with zero attached hydrogens (tertiary/aromatic N) is 2. The van der Waals surface area contributed by atoms with Crippen LogP contribution in [0.3, 0.4) is 0 Å². The first-order valence-corrected chi connectivity index (χ1v) is 6.13. The first-order chi connectivity index (χ1) is 8.99. The molecule has 0 spiro atoms. The van der Waals surface area contributed by atoms with Crippen molar-refractivity contribution in [1.29, 1.82) is 0 Å². The number of fused-ring (bicyclic) bond motifs is 1. The van der Waals surface area contributed by atoms with Gasteiger partial charge in [-0.3, -0.25) is 0 Å². The molecule has 104 valence electrons. The third-order valence-electron chi connectivity index (χ3n) is 2.70. The Morgan fingerprint density at radius 2 is 2.11 bits per heavy atom. The predicted octanol–water partition coefficient (Wildman–Crippen LogP) is 3.27. The highest BCUT2D eigenvalue weighted by Crippen LogP contribution is 2.25. The van der Waals surface area contributed by atoms with E-state index in [1.54, 1.807) is 0 Å². The summed E-state index contributed by atoms with van der Waals surface area (Å²) in [7, 11) is 0. The van der Waals surface area contributed by atoms with Crippen LogP contribution in [0.1, 0.15) is 25.5 Å². The second-order valence-corrected chi connectivity index (χ2v) is 4.35. The van der Waals surface area contributed by atoms with Crippen LogP contribution in [0.15, 0.2) is 12.4 Å².